The van der Waals surface area contributed by atoms with Crippen molar-refractivity contribution in [2.45, 2.75) is 115 Å². The minimum Gasteiger partial charge on any atom is -0.393 e. The molecule has 8 heteroatoms. The van der Waals surface area contributed by atoms with Crippen molar-refractivity contribution in [1.82, 2.24) is 10.2 Å². The summed E-state index contributed by atoms with van der Waals surface area (Å²) in [7, 11) is 0. The van der Waals surface area contributed by atoms with Crippen LogP contribution in [0.4, 0.5) is 5.13 Å². The van der Waals surface area contributed by atoms with Gasteiger partial charge in [0.15, 0.2) is 0 Å². The van der Waals surface area contributed by atoms with Crippen molar-refractivity contribution in [3.63, 3.8) is 0 Å². The number of carbonyl (C=O) groups is 1. The van der Waals surface area contributed by atoms with Crippen LogP contribution in [0.2, 0.25) is 0 Å². The number of unbranched alkanes of at least 4 members (excludes halogenated alkanes) is 5. The van der Waals surface area contributed by atoms with Gasteiger partial charge in [0.1, 0.15) is 5.01 Å². The number of aliphatic hydroxyl groups excluding tert-OH is 3. The number of rotatable bonds is 15. The highest BCUT2D eigenvalue weighted by Crippen LogP contribution is 2.42. The Labute approximate surface area is 201 Å². The topological polar surface area (TPSA) is 116 Å². The van der Waals surface area contributed by atoms with E-state index in [1.165, 1.54) is 24.2 Å². The molecule has 2 aliphatic carbocycles. The second-order valence-electron chi connectivity index (χ2n) is 9.78. The van der Waals surface area contributed by atoms with Crippen molar-refractivity contribution >= 4 is 22.4 Å². The first-order chi connectivity index (χ1) is 16.0. The summed E-state index contributed by atoms with van der Waals surface area (Å²) in [5, 5.41) is 43.6. The molecular formula is C25H41N3O4S. The van der Waals surface area contributed by atoms with E-state index in [0.717, 1.165) is 62.8 Å². The number of hydrogen-bond acceptors (Lipinski definition) is 7. The van der Waals surface area contributed by atoms with Gasteiger partial charge in [0.25, 0.3) is 0 Å². The van der Waals surface area contributed by atoms with Gasteiger partial charge in [-0.15, -0.1) is 10.2 Å². The second kappa shape index (κ2) is 13.5. The smallest absolute Gasteiger partial charge is 0.226 e. The van der Waals surface area contributed by atoms with Gasteiger partial charge in [0.05, 0.1) is 18.3 Å². The zero-order valence-corrected chi connectivity index (χ0v) is 20.7. The summed E-state index contributed by atoms with van der Waals surface area (Å²) in [5.74, 6) is 0.476. The van der Waals surface area contributed by atoms with E-state index >= 15 is 0 Å². The molecule has 3 rings (SSSR count). The molecule has 5 unspecified atom stereocenters. The van der Waals surface area contributed by atoms with E-state index in [0.29, 0.717) is 23.9 Å². The molecule has 7 nitrogen and oxygen atoms in total. The lowest BCUT2D eigenvalue weighted by Gasteiger charge is -2.21. The SMILES string of the molecule is CCCCCC(O)C=CC1C(O)CC(O)C1CCCCCCC(=O)Nc1nnc(C2CC2)s1. The van der Waals surface area contributed by atoms with Gasteiger partial charge in [-0.05, 0) is 38.0 Å². The third kappa shape index (κ3) is 8.74. The van der Waals surface area contributed by atoms with Crippen LogP contribution >= 0.6 is 11.3 Å². The van der Waals surface area contributed by atoms with Crippen LogP contribution in [-0.2, 0) is 4.79 Å². The summed E-state index contributed by atoms with van der Waals surface area (Å²) in [5.41, 5.74) is 0. The summed E-state index contributed by atoms with van der Waals surface area (Å²) >= 11 is 1.48. The van der Waals surface area contributed by atoms with Crippen molar-refractivity contribution in [1.29, 1.82) is 0 Å². The third-order valence-corrected chi connectivity index (χ3v) is 7.88. The van der Waals surface area contributed by atoms with Crippen LogP contribution in [0.25, 0.3) is 0 Å². The Morgan fingerprint density at radius 1 is 1.12 bits per heavy atom. The highest BCUT2D eigenvalue weighted by atomic mass is 32.1. The van der Waals surface area contributed by atoms with E-state index in [2.05, 4.69) is 22.4 Å². The summed E-state index contributed by atoms with van der Waals surface area (Å²) in [6, 6.07) is 0. The van der Waals surface area contributed by atoms with Gasteiger partial charge < -0.3 is 20.6 Å². The van der Waals surface area contributed by atoms with Gasteiger partial charge in [-0.25, -0.2) is 0 Å². The first-order valence-corrected chi connectivity index (χ1v) is 13.6. The first-order valence-electron chi connectivity index (χ1n) is 12.8. The van der Waals surface area contributed by atoms with Crippen LogP contribution in [0, 0.1) is 11.8 Å². The molecule has 33 heavy (non-hydrogen) atoms. The van der Waals surface area contributed by atoms with Crippen LogP contribution in [-0.4, -0.2) is 49.7 Å². The quantitative estimate of drug-likeness (QED) is 0.217. The van der Waals surface area contributed by atoms with E-state index in [1.807, 2.05) is 6.08 Å². The summed E-state index contributed by atoms with van der Waals surface area (Å²) in [6.45, 7) is 2.14. The molecule has 0 aliphatic heterocycles. The van der Waals surface area contributed by atoms with E-state index in [-0.39, 0.29) is 17.7 Å². The largest absolute Gasteiger partial charge is 0.393 e. The number of amides is 1. The Balaban J connectivity index is 1.30. The van der Waals surface area contributed by atoms with Crippen molar-refractivity contribution < 1.29 is 20.1 Å². The molecule has 0 radical (unpaired) electrons. The molecule has 0 aromatic carbocycles. The van der Waals surface area contributed by atoms with E-state index < -0.39 is 18.3 Å². The molecule has 4 N–H and O–H groups in total. The number of nitrogens with one attached hydrogen (secondary N) is 1. The minimum absolute atomic E-state index is 0.00877. The highest BCUT2D eigenvalue weighted by molar-refractivity contribution is 7.15. The summed E-state index contributed by atoms with van der Waals surface area (Å²) in [6.07, 6.45) is 14.0. The van der Waals surface area contributed by atoms with Crippen LogP contribution < -0.4 is 5.32 Å². The number of aliphatic hydroxyl groups is 3. The van der Waals surface area contributed by atoms with Gasteiger partial charge >= 0.3 is 0 Å². The molecular weight excluding hydrogens is 438 g/mol. The maximum Gasteiger partial charge on any atom is 0.226 e. The average Bonchev–Trinajstić information content (AvgIpc) is 3.47. The fraction of sp³-hybridized carbons (Fsp3) is 0.800. The van der Waals surface area contributed by atoms with Crippen molar-refractivity contribution in [2.24, 2.45) is 11.8 Å². The van der Waals surface area contributed by atoms with Crippen molar-refractivity contribution in [3.8, 4) is 0 Å². The highest BCUT2D eigenvalue weighted by Gasteiger charge is 2.39. The molecule has 2 aliphatic rings. The fourth-order valence-corrected chi connectivity index (χ4v) is 5.64. The van der Waals surface area contributed by atoms with E-state index in [1.54, 1.807) is 6.08 Å². The maximum atomic E-state index is 12.1. The third-order valence-electron chi connectivity index (χ3n) is 6.88. The van der Waals surface area contributed by atoms with Gasteiger partial charge in [-0.2, -0.15) is 0 Å². The number of nitrogens with zero attached hydrogens (tertiary/aromatic N) is 2. The number of aromatic nitrogens is 2. The molecule has 0 bridgehead atoms. The van der Waals surface area contributed by atoms with Crippen LogP contribution in [0.1, 0.15) is 101 Å². The van der Waals surface area contributed by atoms with Crippen molar-refractivity contribution in [2.75, 3.05) is 5.32 Å². The molecule has 0 saturated heterocycles. The summed E-state index contributed by atoms with van der Waals surface area (Å²) in [4.78, 5) is 12.1. The molecule has 2 fully saturated rings. The molecule has 1 aromatic rings. The Bertz CT molecular complexity index is 752. The maximum absolute atomic E-state index is 12.1. The minimum atomic E-state index is -0.548. The van der Waals surface area contributed by atoms with Gasteiger partial charge in [0.2, 0.25) is 11.0 Å². The lowest BCUT2D eigenvalue weighted by molar-refractivity contribution is -0.116. The van der Waals surface area contributed by atoms with E-state index in [9.17, 15) is 20.1 Å². The number of hydrogen-bond donors (Lipinski definition) is 4. The predicted molar refractivity (Wildman–Crippen MR) is 131 cm³/mol. The zero-order chi connectivity index (χ0) is 23.6. The number of anilines is 1. The fourth-order valence-electron chi connectivity index (χ4n) is 4.71. The summed E-state index contributed by atoms with van der Waals surface area (Å²) < 4.78 is 0. The molecule has 0 spiro atoms. The Kier molecular flexibility index (Phi) is 10.8. The van der Waals surface area contributed by atoms with Gasteiger partial charge in [-0.3, -0.25) is 4.79 Å². The molecule has 1 aromatic heterocycles. The van der Waals surface area contributed by atoms with Crippen molar-refractivity contribution in [3.05, 3.63) is 17.2 Å². The van der Waals surface area contributed by atoms with Gasteiger partial charge in [-0.1, -0.05) is 68.9 Å². The zero-order valence-electron chi connectivity index (χ0n) is 19.9. The van der Waals surface area contributed by atoms with Crippen LogP contribution in [0.15, 0.2) is 12.2 Å². The Hall–Kier alpha value is -1.35. The molecule has 186 valence electrons. The number of carbonyl (C=O) groups excluding carboxylic acids is 1. The second-order valence-corrected chi connectivity index (χ2v) is 10.8. The van der Waals surface area contributed by atoms with E-state index in [4.69, 9.17) is 0 Å². The average molecular weight is 480 g/mol. The lowest BCUT2D eigenvalue weighted by atomic mass is 9.88. The molecule has 5 atom stereocenters. The lowest BCUT2D eigenvalue weighted by Crippen LogP contribution is -2.21. The Morgan fingerprint density at radius 2 is 1.91 bits per heavy atom. The molecule has 2 saturated carbocycles. The molecule has 1 amide bonds. The van der Waals surface area contributed by atoms with Crippen LogP contribution in [0.5, 0.6) is 0 Å². The predicted octanol–water partition coefficient (Wildman–Crippen LogP) is 4.55. The first kappa shape index (κ1) is 26.3. The Morgan fingerprint density at radius 3 is 2.67 bits per heavy atom. The van der Waals surface area contributed by atoms with Gasteiger partial charge in [0, 0.05) is 24.7 Å². The standard InChI is InChI=1S/C25H41N3O4S/c1-2-3-6-9-18(29)14-15-20-19(21(30)16-22(20)31)10-7-4-5-8-11-23(32)26-25-28-27-24(33-25)17-12-13-17/h14-15,17-22,29-31H,2-13,16H2,1H3,(H,26,28,32). The van der Waals surface area contributed by atoms with Crippen LogP contribution in [0.3, 0.4) is 0 Å². The monoisotopic (exact) mass is 479 g/mol. The normalized spacial score (nSPS) is 26.2. The molecule has 1 heterocycles.